The number of hydrogen-bond donors (Lipinski definition) is 0. The molecule has 0 aromatic heterocycles. The topological polar surface area (TPSA) is 54.4 Å². The minimum atomic E-state index is -0.118. The highest BCUT2D eigenvalue weighted by atomic mass is 79.9. The summed E-state index contributed by atoms with van der Waals surface area (Å²) >= 11 is 3.47. The van der Waals surface area contributed by atoms with Crippen molar-refractivity contribution in [2.45, 2.75) is 12.5 Å². The number of nitrogens with zero attached hydrogens (tertiary/aromatic N) is 3. The molecule has 2 aliphatic heterocycles. The Hall–Kier alpha value is -2.22. The number of hydrazone groups is 1. The number of ether oxygens (including phenoxy) is 2. The number of amides is 1. The highest BCUT2D eigenvalue weighted by molar-refractivity contribution is 9.10. The molecule has 0 unspecified atom stereocenters. The van der Waals surface area contributed by atoms with Gasteiger partial charge in [0.1, 0.15) is 5.75 Å². The van der Waals surface area contributed by atoms with E-state index in [-0.39, 0.29) is 11.9 Å². The van der Waals surface area contributed by atoms with E-state index < -0.39 is 0 Å². The summed E-state index contributed by atoms with van der Waals surface area (Å²) in [4.78, 5) is 15.3. The Morgan fingerprint density at radius 2 is 1.83 bits per heavy atom. The number of carbonyl (C=O) groups excluding carboxylic acids is 1. The zero-order valence-electron chi connectivity index (χ0n) is 16.4. The van der Waals surface area contributed by atoms with Crippen LogP contribution < -0.4 is 4.74 Å². The lowest BCUT2D eigenvalue weighted by atomic mass is 9.98. The van der Waals surface area contributed by atoms with Gasteiger partial charge in [-0.25, -0.2) is 5.01 Å². The number of rotatable bonds is 5. The van der Waals surface area contributed by atoms with E-state index in [9.17, 15) is 4.79 Å². The standard InChI is InChI=1S/C22H24BrN3O3/c1-28-19-8-4-17(5-9-19)21-14-20(16-2-6-18(23)7-3-16)24-26(21)22(27)15-25-10-12-29-13-11-25/h2-9,21H,10-15H2,1H3/t21-/m0/s1. The Kier molecular flexibility index (Phi) is 6.28. The summed E-state index contributed by atoms with van der Waals surface area (Å²) in [7, 11) is 1.65. The minimum Gasteiger partial charge on any atom is -0.497 e. The van der Waals surface area contributed by atoms with Crippen LogP contribution in [0.3, 0.4) is 0 Å². The Morgan fingerprint density at radius 1 is 1.14 bits per heavy atom. The van der Waals surface area contributed by atoms with Crippen LogP contribution in [-0.4, -0.2) is 61.5 Å². The SMILES string of the molecule is COc1ccc([C@@H]2CC(c3ccc(Br)cc3)=NN2C(=O)CN2CCOCC2)cc1. The van der Waals surface area contributed by atoms with Gasteiger partial charge in [-0.15, -0.1) is 0 Å². The molecule has 0 N–H and O–H groups in total. The van der Waals surface area contributed by atoms with Crippen LogP contribution in [0.1, 0.15) is 23.6 Å². The molecule has 1 amide bonds. The van der Waals surface area contributed by atoms with Crippen molar-refractivity contribution in [2.24, 2.45) is 5.10 Å². The van der Waals surface area contributed by atoms with E-state index in [1.165, 1.54) is 0 Å². The summed E-state index contributed by atoms with van der Waals surface area (Å²) in [5.41, 5.74) is 3.01. The lowest BCUT2D eigenvalue weighted by Crippen LogP contribution is -2.43. The van der Waals surface area contributed by atoms with Gasteiger partial charge in [0.05, 0.1) is 38.6 Å². The van der Waals surface area contributed by atoms with Crippen molar-refractivity contribution in [2.75, 3.05) is 40.0 Å². The second-order valence-corrected chi connectivity index (χ2v) is 8.09. The van der Waals surface area contributed by atoms with Crippen LogP contribution in [-0.2, 0) is 9.53 Å². The minimum absolute atomic E-state index is 0.0137. The van der Waals surface area contributed by atoms with Crippen LogP contribution in [0.15, 0.2) is 58.1 Å². The maximum Gasteiger partial charge on any atom is 0.257 e. The Bertz CT molecular complexity index is 877. The summed E-state index contributed by atoms with van der Waals surface area (Å²) in [6.45, 7) is 3.24. The molecule has 1 fully saturated rings. The summed E-state index contributed by atoms with van der Waals surface area (Å²) in [6.07, 6.45) is 0.683. The van der Waals surface area contributed by atoms with Gasteiger partial charge in [0.2, 0.25) is 0 Å². The Morgan fingerprint density at radius 3 is 2.48 bits per heavy atom. The summed E-state index contributed by atoms with van der Waals surface area (Å²) in [6, 6.07) is 15.8. The molecule has 2 heterocycles. The molecule has 29 heavy (non-hydrogen) atoms. The van der Waals surface area contributed by atoms with Crippen molar-refractivity contribution in [3.05, 3.63) is 64.1 Å². The molecule has 4 rings (SSSR count). The van der Waals surface area contributed by atoms with Crippen LogP contribution in [0.25, 0.3) is 0 Å². The predicted octanol–water partition coefficient (Wildman–Crippen LogP) is 3.47. The Labute approximate surface area is 179 Å². The van der Waals surface area contributed by atoms with Crippen molar-refractivity contribution >= 4 is 27.5 Å². The van der Waals surface area contributed by atoms with Crippen molar-refractivity contribution < 1.29 is 14.3 Å². The maximum atomic E-state index is 13.2. The van der Waals surface area contributed by atoms with E-state index in [0.29, 0.717) is 26.2 Å². The van der Waals surface area contributed by atoms with E-state index in [1.807, 2.05) is 48.5 Å². The molecule has 1 atom stereocenters. The zero-order chi connectivity index (χ0) is 20.2. The van der Waals surface area contributed by atoms with Gasteiger partial charge in [-0.2, -0.15) is 5.10 Å². The first-order chi connectivity index (χ1) is 14.1. The fourth-order valence-electron chi connectivity index (χ4n) is 3.67. The smallest absolute Gasteiger partial charge is 0.257 e. The van der Waals surface area contributed by atoms with Crippen molar-refractivity contribution in [1.29, 1.82) is 0 Å². The van der Waals surface area contributed by atoms with Crippen molar-refractivity contribution in [3.8, 4) is 5.75 Å². The molecular formula is C22H24BrN3O3. The third-order valence-corrected chi connectivity index (χ3v) is 5.84. The number of methoxy groups -OCH3 is 1. The van der Waals surface area contributed by atoms with Gasteiger partial charge < -0.3 is 9.47 Å². The lowest BCUT2D eigenvalue weighted by molar-refractivity contribution is -0.135. The average molecular weight is 458 g/mol. The maximum absolute atomic E-state index is 13.2. The lowest BCUT2D eigenvalue weighted by Gasteiger charge is -2.29. The first-order valence-electron chi connectivity index (χ1n) is 9.73. The molecule has 2 aromatic carbocycles. The van der Waals surface area contributed by atoms with E-state index in [0.717, 1.165) is 40.2 Å². The summed E-state index contributed by atoms with van der Waals surface area (Å²) < 4.78 is 11.7. The highest BCUT2D eigenvalue weighted by Crippen LogP contribution is 2.34. The molecule has 2 aromatic rings. The second-order valence-electron chi connectivity index (χ2n) is 7.17. The van der Waals surface area contributed by atoms with Crippen LogP contribution >= 0.6 is 15.9 Å². The third-order valence-electron chi connectivity index (χ3n) is 5.31. The first kappa shape index (κ1) is 20.1. The largest absolute Gasteiger partial charge is 0.497 e. The number of halogens is 1. The quantitative estimate of drug-likeness (QED) is 0.689. The molecule has 1 saturated heterocycles. The van der Waals surface area contributed by atoms with Gasteiger partial charge in [-0.1, -0.05) is 40.2 Å². The molecule has 152 valence electrons. The molecule has 6 nitrogen and oxygen atoms in total. The normalized spacial score (nSPS) is 19.9. The number of hydrogen-bond acceptors (Lipinski definition) is 5. The molecular weight excluding hydrogens is 434 g/mol. The van der Waals surface area contributed by atoms with E-state index >= 15 is 0 Å². The van der Waals surface area contributed by atoms with Gasteiger partial charge in [0, 0.05) is 24.0 Å². The van der Waals surface area contributed by atoms with E-state index in [4.69, 9.17) is 14.6 Å². The molecule has 2 aliphatic rings. The van der Waals surface area contributed by atoms with Crippen LogP contribution in [0.2, 0.25) is 0 Å². The molecule has 0 radical (unpaired) electrons. The summed E-state index contributed by atoms with van der Waals surface area (Å²) in [5.74, 6) is 0.812. The molecule has 0 bridgehead atoms. The van der Waals surface area contributed by atoms with Crippen LogP contribution in [0.4, 0.5) is 0 Å². The number of morpholine rings is 1. The second kappa shape index (κ2) is 9.07. The molecule has 0 spiro atoms. The number of benzene rings is 2. The van der Waals surface area contributed by atoms with Gasteiger partial charge >= 0.3 is 0 Å². The molecule has 7 heteroatoms. The average Bonchev–Trinajstić information content (AvgIpc) is 3.21. The molecule has 0 aliphatic carbocycles. The monoisotopic (exact) mass is 457 g/mol. The molecule has 0 saturated carbocycles. The van der Waals surface area contributed by atoms with Crippen molar-refractivity contribution in [1.82, 2.24) is 9.91 Å². The Balaban J connectivity index is 1.59. The van der Waals surface area contributed by atoms with Crippen LogP contribution in [0, 0.1) is 0 Å². The van der Waals surface area contributed by atoms with Crippen LogP contribution in [0.5, 0.6) is 5.75 Å². The van der Waals surface area contributed by atoms with Gasteiger partial charge in [0.15, 0.2) is 0 Å². The number of carbonyl (C=O) groups is 1. The van der Waals surface area contributed by atoms with E-state index in [2.05, 4.69) is 20.8 Å². The van der Waals surface area contributed by atoms with Gasteiger partial charge in [0.25, 0.3) is 5.91 Å². The highest BCUT2D eigenvalue weighted by Gasteiger charge is 2.33. The predicted molar refractivity (Wildman–Crippen MR) is 115 cm³/mol. The fourth-order valence-corrected chi connectivity index (χ4v) is 3.93. The zero-order valence-corrected chi connectivity index (χ0v) is 18.0. The summed E-state index contributed by atoms with van der Waals surface area (Å²) in [5, 5.41) is 6.41. The first-order valence-corrected chi connectivity index (χ1v) is 10.5. The van der Waals surface area contributed by atoms with Gasteiger partial charge in [-0.05, 0) is 35.4 Å². The van der Waals surface area contributed by atoms with Gasteiger partial charge in [-0.3, -0.25) is 9.69 Å². The van der Waals surface area contributed by atoms with Crippen molar-refractivity contribution in [3.63, 3.8) is 0 Å². The van der Waals surface area contributed by atoms with E-state index in [1.54, 1.807) is 12.1 Å². The third kappa shape index (κ3) is 4.69. The fraction of sp³-hybridized carbons (Fsp3) is 0.364.